The lowest BCUT2D eigenvalue weighted by Crippen LogP contribution is -2.36. The number of H-pyrrole nitrogens is 1. The molecular weight excluding hydrogens is 419 g/mol. The third-order valence-electron chi connectivity index (χ3n) is 4.12. The van der Waals surface area contributed by atoms with Crippen molar-refractivity contribution in [2.45, 2.75) is 23.8 Å². The molecule has 0 radical (unpaired) electrons. The van der Waals surface area contributed by atoms with E-state index in [2.05, 4.69) is 32.2 Å². The lowest BCUT2D eigenvalue weighted by atomic mass is 10.0. The minimum Gasteiger partial charge on any atom is -0.361 e. The van der Waals surface area contributed by atoms with Crippen LogP contribution in [0.4, 0.5) is 4.39 Å². The number of para-hydroxylation sites is 1. The Labute approximate surface area is 160 Å². The first-order chi connectivity index (χ1) is 12.4. The molecule has 0 unspecified atom stereocenters. The van der Waals surface area contributed by atoms with Crippen molar-refractivity contribution in [3.63, 3.8) is 0 Å². The van der Waals surface area contributed by atoms with Crippen LogP contribution in [0, 0.1) is 5.82 Å². The summed E-state index contributed by atoms with van der Waals surface area (Å²) in [5, 5.41) is 1.05. The van der Waals surface area contributed by atoms with Gasteiger partial charge < -0.3 is 4.98 Å². The summed E-state index contributed by atoms with van der Waals surface area (Å²) in [7, 11) is -3.85. The van der Waals surface area contributed by atoms with E-state index in [4.69, 9.17) is 0 Å². The SMILES string of the molecule is C=CC[C@@H](Cc1c[nH]c2ccccc12)NS(=O)(=O)c1ccc(Br)c(F)c1. The zero-order valence-corrected chi connectivity index (χ0v) is 16.3. The smallest absolute Gasteiger partial charge is 0.240 e. The minimum atomic E-state index is -3.85. The van der Waals surface area contributed by atoms with Gasteiger partial charge in [-0.3, -0.25) is 0 Å². The normalized spacial score (nSPS) is 13.0. The lowest BCUT2D eigenvalue weighted by Gasteiger charge is -2.17. The van der Waals surface area contributed by atoms with E-state index in [1.807, 2.05) is 30.5 Å². The molecule has 3 rings (SSSR count). The fraction of sp³-hybridized carbons (Fsp3) is 0.158. The number of fused-ring (bicyclic) bond motifs is 1. The van der Waals surface area contributed by atoms with E-state index in [0.717, 1.165) is 22.5 Å². The quantitative estimate of drug-likeness (QED) is 0.534. The van der Waals surface area contributed by atoms with Crippen LogP contribution in [0.15, 0.2) is 70.7 Å². The van der Waals surface area contributed by atoms with Crippen LogP contribution >= 0.6 is 15.9 Å². The highest BCUT2D eigenvalue weighted by Gasteiger charge is 2.21. The van der Waals surface area contributed by atoms with Gasteiger partial charge >= 0.3 is 0 Å². The van der Waals surface area contributed by atoms with Gasteiger partial charge in [0.25, 0.3) is 0 Å². The summed E-state index contributed by atoms with van der Waals surface area (Å²) in [5.41, 5.74) is 2.01. The first kappa shape index (κ1) is 18.8. The van der Waals surface area contributed by atoms with Crippen LogP contribution in [0.25, 0.3) is 10.9 Å². The molecule has 0 fully saturated rings. The molecule has 0 saturated carbocycles. The van der Waals surface area contributed by atoms with Crippen molar-refractivity contribution in [1.82, 2.24) is 9.71 Å². The fourth-order valence-corrected chi connectivity index (χ4v) is 4.38. The highest BCUT2D eigenvalue weighted by atomic mass is 79.9. The van der Waals surface area contributed by atoms with E-state index in [1.165, 1.54) is 12.1 Å². The van der Waals surface area contributed by atoms with Crippen molar-refractivity contribution < 1.29 is 12.8 Å². The Kier molecular flexibility index (Phi) is 5.60. The van der Waals surface area contributed by atoms with Crippen LogP contribution in [0.2, 0.25) is 0 Å². The van der Waals surface area contributed by atoms with E-state index < -0.39 is 15.8 Å². The highest BCUT2D eigenvalue weighted by Crippen LogP contribution is 2.22. The Hall–Kier alpha value is -1.96. The molecule has 136 valence electrons. The Morgan fingerprint density at radius 2 is 2.04 bits per heavy atom. The van der Waals surface area contributed by atoms with Crippen LogP contribution in [0.5, 0.6) is 0 Å². The van der Waals surface area contributed by atoms with Crippen molar-refractivity contribution in [2.75, 3.05) is 0 Å². The molecule has 4 nitrogen and oxygen atoms in total. The molecule has 26 heavy (non-hydrogen) atoms. The molecule has 0 spiro atoms. The van der Waals surface area contributed by atoms with Gasteiger partial charge in [-0.15, -0.1) is 6.58 Å². The Bertz CT molecular complexity index is 1050. The van der Waals surface area contributed by atoms with Crippen LogP contribution in [0.1, 0.15) is 12.0 Å². The number of aromatic nitrogens is 1. The van der Waals surface area contributed by atoms with E-state index in [0.29, 0.717) is 12.8 Å². The van der Waals surface area contributed by atoms with Crippen molar-refractivity contribution >= 4 is 36.9 Å². The maximum atomic E-state index is 13.7. The summed E-state index contributed by atoms with van der Waals surface area (Å²) < 4.78 is 41.9. The van der Waals surface area contributed by atoms with Gasteiger partial charge in [0.1, 0.15) is 5.82 Å². The van der Waals surface area contributed by atoms with Gasteiger partial charge in [0.15, 0.2) is 0 Å². The summed E-state index contributed by atoms with van der Waals surface area (Å²) in [6.07, 6.45) is 4.50. The fourth-order valence-electron chi connectivity index (χ4n) is 2.87. The van der Waals surface area contributed by atoms with Gasteiger partial charge in [0.2, 0.25) is 10.0 Å². The molecule has 0 aliphatic carbocycles. The number of benzene rings is 2. The van der Waals surface area contributed by atoms with Crippen LogP contribution in [-0.4, -0.2) is 19.4 Å². The van der Waals surface area contributed by atoms with E-state index in [1.54, 1.807) is 6.08 Å². The first-order valence-corrected chi connectivity index (χ1v) is 10.3. The molecule has 1 atom stereocenters. The summed E-state index contributed by atoms with van der Waals surface area (Å²) in [6.45, 7) is 3.71. The molecule has 0 bridgehead atoms. The van der Waals surface area contributed by atoms with Gasteiger partial charge in [0, 0.05) is 23.1 Å². The van der Waals surface area contributed by atoms with Crippen LogP contribution in [0.3, 0.4) is 0 Å². The lowest BCUT2D eigenvalue weighted by molar-refractivity contribution is 0.545. The zero-order valence-electron chi connectivity index (χ0n) is 13.9. The van der Waals surface area contributed by atoms with Gasteiger partial charge in [-0.1, -0.05) is 24.3 Å². The molecule has 0 saturated heterocycles. The Morgan fingerprint density at radius 1 is 1.27 bits per heavy atom. The molecule has 2 N–H and O–H groups in total. The van der Waals surface area contributed by atoms with Crippen molar-refractivity contribution in [3.05, 3.63) is 77.2 Å². The van der Waals surface area contributed by atoms with E-state index >= 15 is 0 Å². The maximum Gasteiger partial charge on any atom is 0.240 e. The van der Waals surface area contributed by atoms with Crippen LogP contribution < -0.4 is 4.72 Å². The second-order valence-corrected chi connectivity index (χ2v) is 8.55. The second-order valence-electron chi connectivity index (χ2n) is 5.98. The third-order valence-corrected chi connectivity index (χ3v) is 6.28. The van der Waals surface area contributed by atoms with E-state index in [-0.39, 0.29) is 15.4 Å². The summed E-state index contributed by atoms with van der Waals surface area (Å²) in [5.74, 6) is -0.621. The molecule has 7 heteroatoms. The van der Waals surface area contributed by atoms with Crippen molar-refractivity contribution in [2.24, 2.45) is 0 Å². The largest absolute Gasteiger partial charge is 0.361 e. The molecule has 0 amide bonds. The van der Waals surface area contributed by atoms with Gasteiger partial charge in [0.05, 0.1) is 9.37 Å². The third kappa shape index (κ3) is 4.06. The standard InChI is InChI=1S/C19H18BrFN2O2S/c1-2-5-14(10-13-12-22-19-7-4-3-6-16(13)19)23-26(24,25)15-8-9-17(20)18(21)11-15/h2-4,6-9,11-12,14,22-23H,1,5,10H2/t14-/m0/s1. The summed E-state index contributed by atoms with van der Waals surface area (Å²) in [6, 6.07) is 11.2. The monoisotopic (exact) mass is 436 g/mol. The molecule has 1 heterocycles. The molecule has 2 aromatic carbocycles. The Morgan fingerprint density at radius 3 is 2.77 bits per heavy atom. The minimum absolute atomic E-state index is 0.105. The second kappa shape index (κ2) is 7.73. The molecule has 3 aromatic rings. The van der Waals surface area contributed by atoms with Crippen molar-refractivity contribution in [1.29, 1.82) is 0 Å². The molecule has 1 aromatic heterocycles. The number of aromatic amines is 1. The van der Waals surface area contributed by atoms with Gasteiger partial charge in [-0.05, 0) is 58.6 Å². The van der Waals surface area contributed by atoms with Crippen molar-refractivity contribution in [3.8, 4) is 0 Å². The van der Waals surface area contributed by atoms with Gasteiger partial charge in [-0.25, -0.2) is 17.5 Å². The average Bonchev–Trinajstić information content (AvgIpc) is 3.00. The molecule has 0 aliphatic heterocycles. The number of sulfonamides is 1. The number of hydrogen-bond donors (Lipinski definition) is 2. The highest BCUT2D eigenvalue weighted by molar-refractivity contribution is 9.10. The molecular formula is C19H18BrFN2O2S. The summed E-state index contributed by atoms with van der Waals surface area (Å²) >= 11 is 3.03. The predicted octanol–water partition coefficient (Wildman–Crippen LogP) is 4.54. The zero-order chi connectivity index (χ0) is 18.7. The Balaban J connectivity index is 1.85. The maximum absolute atomic E-state index is 13.7. The van der Waals surface area contributed by atoms with Crippen LogP contribution in [-0.2, 0) is 16.4 Å². The average molecular weight is 437 g/mol. The van der Waals surface area contributed by atoms with Gasteiger partial charge in [-0.2, -0.15) is 0 Å². The topological polar surface area (TPSA) is 62.0 Å². The van der Waals surface area contributed by atoms with E-state index in [9.17, 15) is 12.8 Å². The number of halogens is 2. The molecule has 0 aliphatic rings. The predicted molar refractivity (Wildman–Crippen MR) is 105 cm³/mol. The summed E-state index contributed by atoms with van der Waals surface area (Å²) in [4.78, 5) is 3.08. The number of hydrogen-bond acceptors (Lipinski definition) is 2. The number of rotatable bonds is 7. The first-order valence-electron chi connectivity index (χ1n) is 8.04. The number of nitrogens with one attached hydrogen (secondary N) is 2.